The zero-order valence-electron chi connectivity index (χ0n) is 17.9. The van der Waals surface area contributed by atoms with Crippen molar-refractivity contribution in [3.63, 3.8) is 0 Å². The fourth-order valence-electron chi connectivity index (χ4n) is 5.42. The number of carbonyl (C=O) groups excluding carboxylic acids is 2. The smallest absolute Gasteiger partial charge is 0.306 e. The Hall–Kier alpha value is -2.17. The summed E-state index contributed by atoms with van der Waals surface area (Å²) in [5, 5.41) is 8.75. The van der Waals surface area contributed by atoms with Crippen molar-refractivity contribution in [1.82, 2.24) is 0 Å². The van der Waals surface area contributed by atoms with Crippen molar-refractivity contribution in [2.45, 2.75) is 77.6 Å². The van der Waals surface area contributed by atoms with Gasteiger partial charge in [-0.25, -0.2) is 0 Å². The lowest BCUT2D eigenvalue weighted by Gasteiger charge is -2.54. The van der Waals surface area contributed by atoms with Gasteiger partial charge in [-0.2, -0.15) is 0 Å². The van der Waals surface area contributed by atoms with Crippen LogP contribution < -0.4 is 0 Å². The highest BCUT2D eigenvalue weighted by molar-refractivity contribution is 5.99. The van der Waals surface area contributed by atoms with Crippen molar-refractivity contribution in [1.29, 1.82) is 0 Å². The summed E-state index contributed by atoms with van der Waals surface area (Å²) in [5.74, 6) is -0.838. The number of ketones is 1. The van der Waals surface area contributed by atoms with E-state index in [0.717, 1.165) is 30.4 Å². The first kappa shape index (κ1) is 21.5. The summed E-state index contributed by atoms with van der Waals surface area (Å²) >= 11 is 0. The van der Waals surface area contributed by atoms with Crippen LogP contribution in [0.5, 0.6) is 0 Å². The third-order valence-electron chi connectivity index (χ3n) is 7.18. The maximum Gasteiger partial charge on any atom is 0.306 e. The SMILES string of the molecule is CC(C)c1ccc2c(c1)C(=O)C[C@H]1[C@](C)(COC(=O)CCC(=O)O)CCC[C@]21C. The molecule has 1 N–H and O–H groups in total. The lowest BCUT2D eigenvalue weighted by atomic mass is 9.49. The number of carbonyl (C=O) groups is 3. The molecule has 2 aliphatic rings. The number of fused-ring (bicyclic) bond motifs is 3. The predicted octanol–water partition coefficient (Wildman–Crippen LogP) is 4.87. The van der Waals surface area contributed by atoms with Crippen molar-refractivity contribution in [3.8, 4) is 0 Å². The molecule has 0 aliphatic heterocycles. The molecule has 0 unspecified atom stereocenters. The normalized spacial score (nSPS) is 28.6. The molecule has 1 aromatic rings. The molecule has 2 aliphatic carbocycles. The van der Waals surface area contributed by atoms with Gasteiger partial charge in [-0.1, -0.05) is 46.2 Å². The van der Waals surface area contributed by atoms with Crippen LogP contribution in [0.25, 0.3) is 0 Å². The molecule has 3 rings (SSSR count). The van der Waals surface area contributed by atoms with Crippen LogP contribution in [-0.2, 0) is 19.7 Å². The average molecular weight is 401 g/mol. The second kappa shape index (κ2) is 7.92. The summed E-state index contributed by atoms with van der Waals surface area (Å²) < 4.78 is 5.49. The first-order valence-electron chi connectivity index (χ1n) is 10.6. The second-order valence-corrected chi connectivity index (χ2v) is 9.62. The summed E-state index contributed by atoms with van der Waals surface area (Å²) in [6.45, 7) is 8.87. The van der Waals surface area contributed by atoms with Crippen LogP contribution in [0.4, 0.5) is 0 Å². The zero-order chi connectivity index (χ0) is 21.4. The fraction of sp³-hybridized carbons (Fsp3) is 0.625. The average Bonchev–Trinajstić information content (AvgIpc) is 2.66. The van der Waals surface area contributed by atoms with Crippen LogP contribution in [0.15, 0.2) is 18.2 Å². The molecule has 0 amide bonds. The van der Waals surface area contributed by atoms with E-state index in [1.165, 1.54) is 5.56 Å². The van der Waals surface area contributed by atoms with Gasteiger partial charge in [0, 0.05) is 17.4 Å². The maximum atomic E-state index is 13.1. The Morgan fingerprint density at radius 2 is 1.93 bits per heavy atom. The highest BCUT2D eigenvalue weighted by atomic mass is 16.5. The number of benzene rings is 1. The van der Waals surface area contributed by atoms with Gasteiger partial charge in [-0.05, 0) is 47.3 Å². The van der Waals surface area contributed by atoms with Gasteiger partial charge in [0.2, 0.25) is 0 Å². The quantitative estimate of drug-likeness (QED) is 0.689. The van der Waals surface area contributed by atoms with Gasteiger partial charge in [0.05, 0.1) is 19.4 Å². The number of hydrogen-bond acceptors (Lipinski definition) is 4. The lowest BCUT2D eigenvalue weighted by molar-refractivity contribution is -0.153. The summed E-state index contributed by atoms with van der Waals surface area (Å²) in [7, 11) is 0. The van der Waals surface area contributed by atoms with Crippen LogP contribution in [0.2, 0.25) is 0 Å². The standard InChI is InChI=1S/C24H32O5/c1-15(2)16-6-7-18-17(12-16)19(25)13-20-23(3,10-5-11-24(18,20)4)14-29-22(28)9-8-21(26)27/h6-7,12,15,20H,5,8-11,13-14H2,1-4H3,(H,26,27)/t20-,23-,24+/m0/s1. The van der Waals surface area contributed by atoms with Crippen molar-refractivity contribution >= 4 is 17.7 Å². The minimum absolute atomic E-state index is 0.0981. The Kier molecular flexibility index (Phi) is 5.88. The molecular weight excluding hydrogens is 368 g/mol. The van der Waals surface area contributed by atoms with Gasteiger partial charge in [-0.15, -0.1) is 0 Å². The molecule has 158 valence electrons. The molecule has 1 saturated carbocycles. The molecule has 29 heavy (non-hydrogen) atoms. The van der Waals surface area contributed by atoms with Crippen LogP contribution >= 0.6 is 0 Å². The fourth-order valence-corrected chi connectivity index (χ4v) is 5.42. The maximum absolute atomic E-state index is 13.1. The number of hydrogen-bond donors (Lipinski definition) is 1. The van der Waals surface area contributed by atoms with Gasteiger partial charge >= 0.3 is 11.9 Å². The summed E-state index contributed by atoms with van der Waals surface area (Å²) in [4.78, 5) is 35.7. The van der Waals surface area contributed by atoms with E-state index in [9.17, 15) is 14.4 Å². The topological polar surface area (TPSA) is 80.7 Å². The summed E-state index contributed by atoms with van der Waals surface area (Å²) in [5.41, 5.74) is 2.75. The lowest BCUT2D eigenvalue weighted by Crippen LogP contribution is -2.52. The van der Waals surface area contributed by atoms with E-state index in [-0.39, 0.29) is 42.0 Å². The van der Waals surface area contributed by atoms with E-state index in [1.807, 2.05) is 0 Å². The minimum Gasteiger partial charge on any atom is -0.481 e. The Labute approximate surface area is 172 Å². The van der Waals surface area contributed by atoms with Crippen LogP contribution in [-0.4, -0.2) is 29.4 Å². The number of carboxylic acid groups (broad SMARTS) is 1. The largest absolute Gasteiger partial charge is 0.481 e. The number of esters is 1. The molecule has 0 aromatic heterocycles. The van der Waals surface area contributed by atoms with Crippen LogP contribution in [0.3, 0.4) is 0 Å². The molecule has 0 radical (unpaired) electrons. The van der Waals surface area contributed by atoms with Crippen LogP contribution in [0.1, 0.15) is 93.6 Å². The van der Waals surface area contributed by atoms with Crippen LogP contribution in [0, 0.1) is 11.3 Å². The molecule has 5 heteroatoms. The van der Waals surface area contributed by atoms with E-state index < -0.39 is 11.9 Å². The first-order chi connectivity index (χ1) is 13.6. The van der Waals surface area contributed by atoms with E-state index in [4.69, 9.17) is 9.84 Å². The Morgan fingerprint density at radius 1 is 1.21 bits per heavy atom. The molecule has 0 saturated heterocycles. The number of rotatable bonds is 6. The highest BCUT2D eigenvalue weighted by Crippen LogP contribution is 2.57. The Morgan fingerprint density at radius 3 is 2.59 bits per heavy atom. The summed E-state index contributed by atoms with van der Waals surface area (Å²) in [6.07, 6.45) is 3.05. The van der Waals surface area contributed by atoms with Crippen molar-refractivity contribution < 1.29 is 24.2 Å². The van der Waals surface area contributed by atoms with Crippen molar-refractivity contribution in [2.75, 3.05) is 6.61 Å². The van der Waals surface area contributed by atoms with Gasteiger partial charge in [0.15, 0.2) is 5.78 Å². The monoisotopic (exact) mass is 400 g/mol. The van der Waals surface area contributed by atoms with E-state index in [2.05, 4.69) is 45.9 Å². The Balaban J connectivity index is 1.85. The van der Waals surface area contributed by atoms with Crippen molar-refractivity contribution in [3.05, 3.63) is 34.9 Å². The van der Waals surface area contributed by atoms with E-state index in [0.29, 0.717) is 12.3 Å². The molecular formula is C24H32O5. The number of carboxylic acids is 1. The molecule has 5 nitrogen and oxygen atoms in total. The molecule has 1 aromatic carbocycles. The molecule has 1 fully saturated rings. The second-order valence-electron chi connectivity index (χ2n) is 9.62. The van der Waals surface area contributed by atoms with E-state index in [1.54, 1.807) is 0 Å². The third kappa shape index (κ3) is 4.10. The Bertz CT molecular complexity index is 827. The number of Topliss-reactive ketones (excluding diaryl/α,β-unsaturated/α-hetero) is 1. The highest BCUT2D eigenvalue weighted by Gasteiger charge is 2.54. The molecule has 3 atom stereocenters. The van der Waals surface area contributed by atoms with Gasteiger partial charge in [0.1, 0.15) is 0 Å². The molecule has 0 spiro atoms. The van der Waals surface area contributed by atoms with Gasteiger partial charge in [-0.3, -0.25) is 14.4 Å². The molecule has 0 bridgehead atoms. The predicted molar refractivity (Wildman–Crippen MR) is 110 cm³/mol. The van der Waals surface area contributed by atoms with Gasteiger partial charge in [0.25, 0.3) is 0 Å². The first-order valence-corrected chi connectivity index (χ1v) is 10.6. The number of ether oxygens (including phenoxy) is 1. The minimum atomic E-state index is -1.01. The summed E-state index contributed by atoms with van der Waals surface area (Å²) in [6, 6.07) is 6.35. The zero-order valence-corrected chi connectivity index (χ0v) is 17.9. The molecule has 0 heterocycles. The van der Waals surface area contributed by atoms with Crippen molar-refractivity contribution in [2.24, 2.45) is 11.3 Å². The number of aliphatic carboxylic acids is 1. The van der Waals surface area contributed by atoms with E-state index >= 15 is 0 Å². The third-order valence-corrected chi connectivity index (χ3v) is 7.18. The van der Waals surface area contributed by atoms with Gasteiger partial charge < -0.3 is 9.84 Å².